The maximum absolute atomic E-state index is 6.04. The van der Waals surface area contributed by atoms with Crippen molar-refractivity contribution in [1.29, 1.82) is 0 Å². The van der Waals surface area contributed by atoms with Gasteiger partial charge in [0.15, 0.2) is 0 Å². The molecule has 1 fully saturated rings. The summed E-state index contributed by atoms with van der Waals surface area (Å²) in [5, 5.41) is 0. The molecule has 1 heterocycles. The minimum atomic E-state index is 0.833. The van der Waals surface area contributed by atoms with Gasteiger partial charge in [0.05, 0.1) is 7.11 Å². The van der Waals surface area contributed by atoms with E-state index in [-0.39, 0.29) is 0 Å². The fourth-order valence-corrected chi connectivity index (χ4v) is 2.47. The average Bonchev–Trinajstić information content (AvgIpc) is 2.79. The fraction of sp³-hybridized carbons (Fsp3) is 0.571. The van der Waals surface area contributed by atoms with E-state index in [2.05, 4.69) is 17.9 Å². The lowest BCUT2D eigenvalue weighted by Gasteiger charge is -2.17. The fourth-order valence-electron chi connectivity index (χ4n) is 2.47. The first-order chi connectivity index (χ1) is 8.22. The Morgan fingerprint density at radius 3 is 2.88 bits per heavy atom. The van der Waals surface area contributed by atoms with Crippen molar-refractivity contribution in [2.45, 2.75) is 26.3 Å². The first-order valence-corrected chi connectivity index (χ1v) is 6.37. The SMILES string of the molecule is CCC1CCN(Cc2ccc(OC)cc2N)C1. The number of hydrogen-bond donors (Lipinski definition) is 1. The minimum absolute atomic E-state index is 0.833. The first kappa shape index (κ1) is 12.2. The van der Waals surface area contributed by atoms with Gasteiger partial charge in [0.1, 0.15) is 5.75 Å². The van der Waals surface area contributed by atoms with Gasteiger partial charge in [-0.05, 0) is 30.5 Å². The first-order valence-electron chi connectivity index (χ1n) is 6.37. The molecular weight excluding hydrogens is 212 g/mol. The zero-order chi connectivity index (χ0) is 12.3. The van der Waals surface area contributed by atoms with Crippen molar-refractivity contribution in [3.05, 3.63) is 23.8 Å². The van der Waals surface area contributed by atoms with Gasteiger partial charge in [-0.2, -0.15) is 0 Å². The van der Waals surface area contributed by atoms with Gasteiger partial charge in [-0.15, -0.1) is 0 Å². The van der Waals surface area contributed by atoms with Crippen LogP contribution in [0.5, 0.6) is 5.75 Å². The predicted octanol–water partition coefficient (Wildman–Crippen LogP) is 2.51. The molecule has 1 aliphatic rings. The third-order valence-corrected chi connectivity index (χ3v) is 3.69. The molecule has 0 aromatic heterocycles. The molecule has 1 saturated heterocycles. The molecule has 2 N–H and O–H groups in total. The van der Waals surface area contributed by atoms with Gasteiger partial charge >= 0.3 is 0 Å². The van der Waals surface area contributed by atoms with E-state index in [4.69, 9.17) is 10.5 Å². The van der Waals surface area contributed by atoms with Crippen molar-refractivity contribution in [2.24, 2.45) is 5.92 Å². The maximum Gasteiger partial charge on any atom is 0.120 e. The van der Waals surface area contributed by atoms with E-state index < -0.39 is 0 Å². The van der Waals surface area contributed by atoms with E-state index in [1.165, 1.54) is 31.5 Å². The monoisotopic (exact) mass is 234 g/mol. The summed E-state index contributed by atoms with van der Waals surface area (Å²) in [6.45, 7) is 5.65. The van der Waals surface area contributed by atoms with E-state index >= 15 is 0 Å². The molecule has 1 aromatic rings. The second kappa shape index (κ2) is 5.41. The Kier molecular flexibility index (Phi) is 3.89. The number of benzene rings is 1. The Hall–Kier alpha value is -1.22. The summed E-state index contributed by atoms with van der Waals surface area (Å²) in [4.78, 5) is 2.49. The molecule has 1 unspecified atom stereocenters. The van der Waals surface area contributed by atoms with Crippen molar-refractivity contribution in [3.8, 4) is 5.75 Å². The van der Waals surface area contributed by atoms with Crippen LogP contribution in [0.2, 0.25) is 0 Å². The molecular formula is C14H22N2O. The number of nitrogens with two attached hydrogens (primary N) is 1. The van der Waals surface area contributed by atoms with Gasteiger partial charge in [-0.25, -0.2) is 0 Å². The second-order valence-corrected chi connectivity index (χ2v) is 4.86. The summed E-state index contributed by atoms with van der Waals surface area (Å²) < 4.78 is 5.16. The largest absolute Gasteiger partial charge is 0.497 e. The molecule has 1 aromatic carbocycles. The summed E-state index contributed by atoms with van der Waals surface area (Å²) in [7, 11) is 1.67. The zero-order valence-corrected chi connectivity index (χ0v) is 10.8. The Morgan fingerprint density at radius 2 is 2.29 bits per heavy atom. The van der Waals surface area contributed by atoms with Crippen molar-refractivity contribution in [1.82, 2.24) is 4.90 Å². The quantitative estimate of drug-likeness (QED) is 0.814. The highest BCUT2D eigenvalue weighted by Crippen LogP contribution is 2.25. The normalized spacial score (nSPS) is 20.7. The number of ether oxygens (including phenoxy) is 1. The molecule has 1 atom stereocenters. The molecule has 0 spiro atoms. The van der Waals surface area contributed by atoms with Crippen molar-refractivity contribution in [2.75, 3.05) is 25.9 Å². The Morgan fingerprint density at radius 1 is 1.47 bits per heavy atom. The maximum atomic E-state index is 6.04. The summed E-state index contributed by atoms with van der Waals surface area (Å²) in [5.74, 6) is 1.70. The van der Waals surface area contributed by atoms with E-state index in [0.29, 0.717) is 0 Å². The number of nitrogens with zero attached hydrogens (tertiary/aromatic N) is 1. The second-order valence-electron chi connectivity index (χ2n) is 4.86. The van der Waals surface area contributed by atoms with Crippen LogP contribution in [0.3, 0.4) is 0 Å². The van der Waals surface area contributed by atoms with Crippen LogP contribution in [0, 0.1) is 5.92 Å². The van der Waals surface area contributed by atoms with Gasteiger partial charge in [0.2, 0.25) is 0 Å². The number of methoxy groups -OCH3 is 1. The van der Waals surface area contributed by atoms with Gasteiger partial charge in [-0.3, -0.25) is 4.90 Å². The van der Waals surface area contributed by atoms with Crippen LogP contribution in [-0.2, 0) is 6.54 Å². The van der Waals surface area contributed by atoms with Crippen LogP contribution in [-0.4, -0.2) is 25.1 Å². The molecule has 0 bridgehead atoms. The third-order valence-electron chi connectivity index (χ3n) is 3.69. The van der Waals surface area contributed by atoms with Crippen LogP contribution in [0.4, 0.5) is 5.69 Å². The summed E-state index contributed by atoms with van der Waals surface area (Å²) in [5.41, 5.74) is 8.08. The lowest BCUT2D eigenvalue weighted by molar-refractivity contribution is 0.315. The minimum Gasteiger partial charge on any atom is -0.497 e. The molecule has 17 heavy (non-hydrogen) atoms. The van der Waals surface area contributed by atoms with Crippen molar-refractivity contribution in [3.63, 3.8) is 0 Å². The molecule has 0 amide bonds. The molecule has 0 radical (unpaired) electrons. The smallest absolute Gasteiger partial charge is 0.120 e. The van der Waals surface area contributed by atoms with Crippen LogP contribution in [0.1, 0.15) is 25.3 Å². The highest BCUT2D eigenvalue weighted by atomic mass is 16.5. The zero-order valence-electron chi connectivity index (χ0n) is 10.8. The predicted molar refractivity (Wildman–Crippen MR) is 71.1 cm³/mol. The van der Waals surface area contributed by atoms with Crippen molar-refractivity contribution < 1.29 is 4.74 Å². The van der Waals surface area contributed by atoms with E-state index in [0.717, 1.165) is 23.9 Å². The summed E-state index contributed by atoms with van der Waals surface area (Å²) in [6.07, 6.45) is 2.61. The Balaban J connectivity index is 1.99. The van der Waals surface area contributed by atoms with Crippen LogP contribution >= 0.6 is 0 Å². The van der Waals surface area contributed by atoms with Crippen LogP contribution in [0.15, 0.2) is 18.2 Å². The number of likely N-dealkylation sites (tertiary alicyclic amines) is 1. The highest BCUT2D eigenvalue weighted by molar-refractivity contribution is 5.51. The molecule has 0 aliphatic carbocycles. The van der Waals surface area contributed by atoms with E-state index in [9.17, 15) is 0 Å². The van der Waals surface area contributed by atoms with Crippen LogP contribution < -0.4 is 10.5 Å². The highest BCUT2D eigenvalue weighted by Gasteiger charge is 2.21. The molecule has 0 saturated carbocycles. The Bertz CT molecular complexity index is 378. The number of nitrogen functional groups attached to an aromatic ring is 1. The lowest BCUT2D eigenvalue weighted by Crippen LogP contribution is -2.20. The van der Waals surface area contributed by atoms with Crippen LogP contribution in [0.25, 0.3) is 0 Å². The third kappa shape index (κ3) is 2.91. The topological polar surface area (TPSA) is 38.5 Å². The molecule has 94 valence electrons. The molecule has 1 aliphatic heterocycles. The van der Waals surface area contributed by atoms with E-state index in [1.807, 2.05) is 12.1 Å². The number of anilines is 1. The summed E-state index contributed by atoms with van der Waals surface area (Å²) >= 11 is 0. The average molecular weight is 234 g/mol. The van der Waals surface area contributed by atoms with Gasteiger partial charge in [-0.1, -0.05) is 19.4 Å². The van der Waals surface area contributed by atoms with Gasteiger partial charge in [0.25, 0.3) is 0 Å². The van der Waals surface area contributed by atoms with Gasteiger partial charge < -0.3 is 10.5 Å². The summed E-state index contributed by atoms with van der Waals surface area (Å²) in [6, 6.07) is 5.97. The standard InChI is InChI=1S/C14H22N2O/c1-3-11-6-7-16(9-11)10-12-4-5-13(17-2)8-14(12)15/h4-5,8,11H,3,6-7,9-10,15H2,1-2H3. The number of rotatable bonds is 4. The number of hydrogen-bond acceptors (Lipinski definition) is 3. The Labute approximate surface area is 104 Å². The lowest BCUT2D eigenvalue weighted by atomic mass is 10.1. The van der Waals surface area contributed by atoms with Gasteiger partial charge in [0, 0.05) is 24.8 Å². The van der Waals surface area contributed by atoms with E-state index in [1.54, 1.807) is 7.11 Å². The van der Waals surface area contributed by atoms with Crippen molar-refractivity contribution >= 4 is 5.69 Å². The molecule has 2 rings (SSSR count). The molecule has 3 nitrogen and oxygen atoms in total. The molecule has 3 heteroatoms.